The second-order valence-electron chi connectivity index (χ2n) is 5.66. The largest absolute Gasteiger partial charge is 0.354 e. The van der Waals surface area contributed by atoms with Gasteiger partial charge in [-0.25, -0.2) is 0 Å². The molecule has 18 heavy (non-hydrogen) atoms. The molecule has 0 saturated heterocycles. The highest BCUT2D eigenvalue weighted by molar-refractivity contribution is 5.78. The van der Waals surface area contributed by atoms with Crippen LogP contribution in [0.1, 0.15) is 39.7 Å². The van der Waals surface area contributed by atoms with Crippen molar-refractivity contribution >= 4 is 5.91 Å². The van der Waals surface area contributed by atoms with Crippen LogP contribution in [-0.2, 0) is 17.9 Å². The zero-order chi connectivity index (χ0) is 13.6. The van der Waals surface area contributed by atoms with E-state index in [1.54, 1.807) is 0 Å². The number of hydrogen-bond acceptors (Lipinski definition) is 2. The van der Waals surface area contributed by atoms with Gasteiger partial charge in [-0.05, 0) is 38.8 Å². The predicted molar refractivity (Wildman–Crippen MR) is 74.3 cm³/mol. The highest BCUT2D eigenvalue weighted by Crippen LogP contribution is 2.02. The molecule has 0 aliphatic carbocycles. The fraction of sp³-hybridized carbons (Fsp3) is 0.643. The van der Waals surface area contributed by atoms with Gasteiger partial charge in [-0.2, -0.15) is 0 Å². The number of nitrogens with zero attached hydrogens (tertiary/aromatic N) is 1. The van der Waals surface area contributed by atoms with Crippen LogP contribution >= 0.6 is 0 Å². The Morgan fingerprint density at radius 1 is 1.39 bits per heavy atom. The molecule has 2 N–H and O–H groups in total. The molecule has 1 aromatic rings. The summed E-state index contributed by atoms with van der Waals surface area (Å²) < 4.78 is 2.17. The molecule has 4 nitrogen and oxygen atoms in total. The van der Waals surface area contributed by atoms with E-state index >= 15 is 0 Å². The zero-order valence-electron chi connectivity index (χ0n) is 11.9. The van der Waals surface area contributed by atoms with Crippen LogP contribution < -0.4 is 10.6 Å². The van der Waals surface area contributed by atoms with Crippen molar-refractivity contribution in [2.75, 3.05) is 6.54 Å². The van der Waals surface area contributed by atoms with Crippen molar-refractivity contribution in [3.63, 3.8) is 0 Å². The number of hydrogen-bond donors (Lipinski definition) is 2. The molecule has 0 atom stereocenters. The third kappa shape index (κ3) is 5.87. The average Bonchev–Trinajstić information content (AvgIpc) is 2.63. The summed E-state index contributed by atoms with van der Waals surface area (Å²) in [5.74, 6) is 0.0375. The summed E-state index contributed by atoms with van der Waals surface area (Å²) in [6, 6.07) is 2.09. The smallest absolute Gasteiger partial charge is 0.234 e. The van der Waals surface area contributed by atoms with Gasteiger partial charge >= 0.3 is 0 Å². The lowest BCUT2D eigenvalue weighted by Crippen LogP contribution is -2.44. The minimum atomic E-state index is -0.163. The normalized spacial score (nSPS) is 11.6. The molecule has 0 spiro atoms. The minimum absolute atomic E-state index is 0.0375. The second kappa shape index (κ2) is 6.59. The van der Waals surface area contributed by atoms with Crippen LogP contribution in [0.5, 0.6) is 0 Å². The maximum Gasteiger partial charge on any atom is 0.234 e. The van der Waals surface area contributed by atoms with E-state index in [1.165, 1.54) is 5.56 Å². The lowest BCUT2D eigenvalue weighted by Gasteiger charge is -2.20. The Morgan fingerprint density at radius 3 is 2.72 bits per heavy atom. The summed E-state index contributed by atoms with van der Waals surface area (Å²) in [6.07, 6.45) is 5.34. The standard InChI is InChI=1S/C14H25N3O/c1-5-7-17-8-6-12(11-17)9-15-10-13(18)16-14(2,3)4/h6,8,11,15H,5,7,9-10H2,1-4H3,(H,16,18). The van der Waals surface area contributed by atoms with Crippen LogP contribution in [0.3, 0.4) is 0 Å². The van der Waals surface area contributed by atoms with Gasteiger partial charge in [0.1, 0.15) is 0 Å². The molecule has 102 valence electrons. The highest BCUT2D eigenvalue weighted by Gasteiger charge is 2.12. The molecule has 0 fully saturated rings. The number of rotatable bonds is 6. The van der Waals surface area contributed by atoms with E-state index in [9.17, 15) is 4.79 Å². The molecule has 4 heteroatoms. The quantitative estimate of drug-likeness (QED) is 0.811. The van der Waals surface area contributed by atoms with Crippen LogP contribution in [0.4, 0.5) is 0 Å². The number of aromatic nitrogens is 1. The minimum Gasteiger partial charge on any atom is -0.354 e. The van der Waals surface area contributed by atoms with Crippen LogP contribution in [0.25, 0.3) is 0 Å². The lowest BCUT2D eigenvalue weighted by molar-refractivity contribution is -0.121. The third-order valence-corrected chi connectivity index (χ3v) is 2.42. The molecule has 0 saturated carbocycles. The molecule has 0 bridgehead atoms. The molecule has 1 rings (SSSR count). The van der Waals surface area contributed by atoms with E-state index in [0.717, 1.165) is 19.5 Å². The molecule has 0 aliphatic rings. The molecule has 0 aromatic carbocycles. The Hall–Kier alpha value is -1.29. The van der Waals surface area contributed by atoms with Crippen molar-refractivity contribution in [1.29, 1.82) is 0 Å². The topological polar surface area (TPSA) is 46.1 Å². The van der Waals surface area contributed by atoms with Gasteiger partial charge in [0.15, 0.2) is 0 Å². The summed E-state index contributed by atoms with van der Waals surface area (Å²) in [5.41, 5.74) is 1.05. The fourth-order valence-electron chi connectivity index (χ4n) is 1.78. The van der Waals surface area contributed by atoms with Gasteiger partial charge in [-0.1, -0.05) is 6.92 Å². The van der Waals surface area contributed by atoms with E-state index in [1.807, 2.05) is 20.8 Å². The van der Waals surface area contributed by atoms with E-state index in [0.29, 0.717) is 6.54 Å². The number of carbonyl (C=O) groups excluding carboxylic acids is 1. The fourth-order valence-corrected chi connectivity index (χ4v) is 1.78. The van der Waals surface area contributed by atoms with E-state index in [4.69, 9.17) is 0 Å². The van der Waals surface area contributed by atoms with Gasteiger partial charge in [0.25, 0.3) is 0 Å². The predicted octanol–water partition coefficient (Wildman–Crippen LogP) is 1.90. The Bertz CT molecular complexity index is 377. The van der Waals surface area contributed by atoms with Crippen LogP contribution in [0, 0.1) is 0 Å². The summed E-state index contributed by atoms with van der Waals surface area (Å²) in [6.45, 7) is 10.2. The van der Waals surface area contributed by atoms with Gasteiger partial charge in [0.05, 0.1) is 6.54 Å². The summed E-state index contributed by atoms with van der Waals surface area (Å²) in [5, 5.41) is 6.08. The monoisotopic (exact) mass is 251 g/mol. The highest BCUT2D eigenvalue weighted by atomic mass is 16.2. The number of amides is 1. The molecule has 1 heterocycles. The van der Waals surface area contributed by atoms with Gasteiger partial charge in [-0.15, -0.1) is 0 Å². The number of nitrogens with one attached hydrogen (secondary N) is 2. The molecule has 1 amide bonds. The van der Waals surface area contributed by atoms with E-state index < -0.39 is 0 Å². The van der Waals surface area contributed by atoms with Crippen molar-refractivity contribution in [2.45, 2.75) is 52.7 Å². The molecule has 0 unspecified atom stereocenters. The summed E-state index contributed by atoms with van der Waals surface area (Å²) in [7, 11) is 0. The van der Waals surface area contributed by atoms with Crippen LogP contribution in [-0.4, -0.2) is 22.6 Å². The molecular formula is C14H25N3O. The first-order valence-corrected chi connectivity index (χ1v) is 6.57. The van der Waals surface area contributed by atoms with E-state index in [-0.39, 0.29) is 11.4 Å². The van der Waals surface area contributed by atoms with Crippen LogP contribution in [0.15, 0.2) is 18.5 Å². The number of carbonyl (C=O) groups is 1. The van der Waals surface area contributed by atoms with Crippen molar-refractivity contribution in [3.8, 4) is 0 Å². The second-order valence-corrected chi connectivity index (χ2v) is 5.66. The first-order valence-electron chi connectivity index (χ1n) is 6.57. The number of aryl methyl sites for hydroxylation is 1. The van der Waals surface area contributed by atoms with Crippen molar-refractivity contribution < 1.29 is 4.79 Å². The van der Waals surface area contributed by atoms with Crippen molar-refractivity contribution in [1.82, 2.24) is 15.2 Å². The van der Waals surface area contributed by atoms with Gasteiger partial charge in [0, 0.05) is 31.0 Å². The Kier molecular flexibility index (Phi) is 5.41. The third-order valence-electron chi connectivity index (χ3n) is 2.42. The first kappa shape index (κ1) is 14.8. The zero-order valence-corrected chi connectivity index (χ0v) is 11.9. The van der Waals surface area contributed by atoms with Gasteiger partial charge in [-0.3, -0.25) is 4.79 Å². The molecular weight excluding hydrogens is 226 g/mol. The Morgan fingerprint density at radius 2 is 2.11 bits per heavy atom. The van der Waals surface area contributed by atoms with Gasteiger partial charge in [0.2, 0.25) is 5.91 Å². The summed E-state index contributed by atoms with van der Waals surface area (Å²) in [4.78, 5) is 11.6. The first-order chi connectivity index (χ1) is 8.40. The van der Waals surface area contributed by atoms with E-state index in [2.05, 4.69) is 40.6 Å². The maximum absolute atomic E-state index is 11.6. The molecule has 0 radical (unpaired) electrons. The van der Waals surface area contributed by atoms with Crippen molar-refractivity contribution in [3.05, 3.63) is 24.0 Å². The SMILES string of the molecule is CCCn1ccc(CNCC(=O)NC(C)(C)C)c1. The Labute approximate surface area is 110 Å². The average molecular weight is 251 g/mol. The van der Waals surface area contributed by atoms with Crippen LogP contribution in [0.2, 0.25) is 0 Å². The molecule has 1 aromatic heterocycles. The Balaban J connectivity index is 2.26. The maximum atomic E-state index is 11.6. The molecule has 0 aliphatic heterocycles. The van der Waals surface area contributed by atoms with Gasteiger partial charge < -0.3 is 15.2 Å². The lowest BCUT2D eigenvalue weighted by atomic mass is 10.1. The van der Waals surface area contributed by atoms with Crippen molar-refractivity contribution in [2.24, 2.45) is 0 Å². The summed E-state index contributed by atoms with van der Waals surface area (Å²) >= 11 is 0.